The Kier molecular flexibility index (Phi) is 8.01. The topological polar surface area (TPSA) is 92.5 Å². The summed E-state index contributed by atoms with van der Waals surface area (Å²) in [5, 5.41) is 0. The van der Waals surface area contributed by atoms with E-state index in [1.807, 2.05) is 0 Å². The fourth-order valence-corrected chi connectivity index (χ4v) is 2.00. The monoisotopic (exact) mass is 279 g/mol. The first kappa shape index (κ1) is 16.3. The highest BCUT2D eigenvalue weighted by Gasteiger charge is 2.24. The van der Waals surface area contributed by atoms with Crippen LogP contribution < -0.4 is 10.5 Å². The van der Waals surface area contributed by atoms with Crippen molar-refractivity contribution in [3.63, 3.8) is 0 Å². The lowest BCUT2D eigenvalue weighted by Crippen LogP contribution is -2.42. The van der Waals surface area contributed by atoms with Crippen molar-refractivity contribution in [3.8, 4) is 0 Å². The summed E-state index contributed by atoms with van der Waals surface area (Å²) < 4.78 is 3.53. The molecule has 0 aliphatic rings. The van der Waals surface area contributed by atoms with Crippen LogP contribution in [0.4, 0.5) is 0 Å². The Hall–Kier alpha value is -0.730. The van der Waals surface area contributed by atoms with Gasteiger partial charge in [-0.25, -0.2) is 4.31 Å². The number of hydrogen-bond acceptors (Lipinski definition) is 6. The van der Waals surface area contributed by atoms with Crippen molar-refractivity contribution >= 4 is 41.6 Å². The molecular formula is C9H17N3O3S2. The number of nitrogens with zero attached hydrogens (tertiary/aromatic N) is 1. The highest BCUT2D eigenvalue weighted by molar-refractivity contribution is 7.97. The van der Waals surface area contributed by atoms with Crippen molar-refractivity contribution in [2.45, 2.75) is 25.8 Å². The molecule has 1 unspecified atom stereocenters. The van der Waals surface area contributed by atoms with Gasteiger partial charge in [-0.3, -0.25) is 14.4 Å². The summed E-state index contributed by atoms with van der Waals surface area (Å²) in [6.45, 7) is 1.29. The normalized spacial score (nSPS) is 11.8. The molecule has 3 amide bonds. The van der Waals surface area contributed by atoms with Gasteiger partial charge in [0.25, 0.3) is 5.91 Å². The molecule has 0 aromatic rings. The second-order valence-electron chi connectivity index (χ2n) is 3.21. The molecular weight excluding hydrogens is 262 g/mol. The Labute approximate surface area is 109 Å². The molecule has 0 spiro atoms. The Bertz CT molecular complexity index is 299. The molecule has 0 bridgehead atoms. The number of imide groups is 1. The maximum absolute atomic E-state index is 11.7. The van der Waals surface area contributed by atoms with E-state index in [1.54, 1.807) is 12.5 Å². The predicted octanol–water partition coefficient (Wildman–Crippen LogP) is 0.141. The summed E-state index contributed by atoms with van der Waals surface area (Å²) in [5.74, 6) is -1.02. The van der Waals surface area contributed by atoms with Gasteiger partial charge in [0, 0.05) is 25.9 Å². The van der Waals surface area contributed by atoms with Crippen molar-refractivity contribution in [1.29, 1.82) is 0 Å². The average Bonchev–Trinajstić information content (AvgIpc) is 2.26. The van der Waals surface area contributed by atoms with E-state index < -0.39 is 11.9 Å². The van der Waals surface area contributed by atoms with E-state index in [1.165, 1.54) is 18.9 Å². The van der Waals surface area contributed by atoms with Gasteiger partial charge in [-0.05, 0) is 18.4 Å². The summed E-state index contributed by atoms with van der Waals surface area (Å²) in [7, 11) is 0. The number of nitrogens with one attached hydrogen (secondary N) is 1. The van der Waals surface area contributed by atoms with Crippen molar-refractivity contribution in [3.05, 3.63) is 0 Å². The summed E-state index contributed by atoms with van der Waals surface area (Å²) in [5.41, 5.74) is 5.63. The van der Waals surface area contributed by atoms with Crippen LogP contribution in [0.25, 0.3) is 0 Å². The van der Waals surface area contributed by atoms with Crippen LogP contribution in [-0.2, 0) is 14.4 Å². The molecule has 8 heteroatoms. The molecule has 0 aliphatic heterocycles. The van der Waals surface area contributed by atoms with Gasteiger partial charge in [0.1, 0.15) is 0 Å². The third-order valence-corrected chi connectivity index (χ3v) is 3.12. The molecule has 0 heterocycles. The molecule has 0 aliphatic carbocycles. The van der Waals surface area contributed by atoms with E-state index in [4.69, 9.17) is 5.73 Å². The van der Waals surface area contributed by atoms with Gasteiger partial charge in [0.15, 0.2) is 0 Å². The lowest BCUT2D eigenvalue weighted by atomic mass is 10.1. The molecule has 1 atom stereocenters. The quantitative estimate of drug-likeness (QED) is 0.672. The van der Waals surface area contributed by atoms with Gasteiger partial charge in [-0.15, -0.1) is 0 Å². The first-order chi connectivity index (χ1) is 7.93. The fourth-order valence-electron chi connectivity index (χ4n) is 1.10. The van der Waals surface area contributed by atoms with E-state index in [2.05, 4.69) is 4.72 Å². The second-order valence-corrected chi connectivity index (χ2v) is 4.55. The number of carbonyl (C=O) groups excluding carboxylic acids is 3. The highest BCUT2D eigenvalue weighted by Crippen LogP contribution is 2.10. The number of carbonyl (C=O) groups is 3. The SMILES string of the molecule is CSNC(=O)CCC(N)C(=O)N(SC)C(C)=O. The zero-order chi connectivity index (χ0) is 13.4. The first-order valence-corrected chi connectivity index (χ1v) is 7.30. The molecule has 0 aromatic heterocycles. The lowest BCUT2D eigenvalue weighted by Gasteiger charge is -2.19. The van der Waals surface area contributed by atoms with Crippen LogP contribution in [-0.4, -0.2) is 40.6 Å². The molecule has 0 saturated carbocycles. The van der Waals surface area contributed by atoms with E-state index in [9.17, 15) is 14.4 Å². The van der Waals surface area contributed by atoms with Gasteiger partial charge in [0.05, 0.1) is 6.04 Å². The Morgan fingerprint density at radius 1 is 1.35 bits per heavy atom. The maximum atomic E-state index is 11.7. The number of hydrogen-bond donors (Lipinski definition) is 2. The van der Waals surface area contributed by atoms with Crippen LogP contribution in [0.5, 0.6) is 0 Å². The minimum Gasteiger partial charge on any atom is -0.320 e. The third-order valence-electron chi connectivity index (χ3n) is 1.88. The summed E-state index contributed by atoms with van der Waals surface area (Å²) in [4.78, 5) is 34.0. The maximum Gasteiger partial charge on any atom is 0.256 e. The Balaban J connectivity index is 4.21. The minimum atomic E-state index is -0.834. The summed E-state index contributed by atoms with van der Waals surface area (Å²) in [6, 6.07) is -0.834. The van der Waals surface area contributed by atoms with E-state index >= 15 is 0 Å². The van der Waals surface area contributed by atoms with Crippen molar-refractivity contribution in [1.82, 2.24) is 9.03 Å². The lowest BCUT2D eigenvalue weighted by molar-refractivity contribution is -0.137. The van der Waals surface area contributed by atoms with Crippen LogP contribution in [0.15, 0.2) is 0 Å². The highest BCUT2D eigenvalue weighted by atomic mass is 32.2. The van der Waals surface area contributed by atoms with Gasteiger partial charge < -0.3 is 10.5 Å². The van der Waals surface area contributed by atoms with Gasteiger partial charge in [-0.2, -0.15) is 0 Å². The molecule has 17 heavy (non-hydrogen) atoms. The predicted molar refractivity (Wildman–Crippen MR) is 69.9 cm³/mol. The standard InChI is InChI=1S/C9H17N3O3S2/c1-6(13)12(17-3)9(15)7(10)4-5-8(14)11-16-2/h7H,4-5,10H2,1-3H3,(H,11,14). The van der Waals surface area contributed by atoms with Crippen LogP contribution in [0.2, 0.25) is 0 Å². The Morgan fingerprint density at radius 2 is 1.94 bits per heavy atom. The molecule has 98 valence electrons. The molecule has 0 aromatic carbocycles. The molecule has 3 N–H and O–H groups in total. The van der Waals surface area contributed by atoms with Crippen LogP contribution in [0.3, 0.4) is 0 Å². The third kappa shape index (κ3) is 5.94. The molecule has 0 saturated heterocycles. The number of nitrogens with two attached hydrogens (primary N) is 1. The zero-order valence-electron chi connectivity index (χ0n) is 10.1. The minimum absolute atomic E-state index is 0.161. The Morgan fingerprint density at radius 3 is 2.35 bits per heavy atom. The fraction of sp³-hybridized carbons (Fsp3) is 0.667. The van der Waals surface area contributed by atoms with E-state index in [0.717, 1.165) is 16.3 Å². The smallest absolute Gasteiger partial charge is 0.256 e. The number of rotatable bonds is 6. The van der Waals surface area contributed by atoms with Crippen LogP contribution in [0, 0.1) is 0 Å². The van der Waals surface area contributed by atoms with Gasteiger partial charge >= 0.3 is 0 Å². The number of amides is 3. The van der Waals surface area contributed by atoms with Gasteiger partial charge in [-0.1, -0.05) is 11.9 Å². The second kappa shape index (κ2) is 8.37. The molecule has 0 fully saturated rings. The first-order valence-electron chi connectivity index (χ1n) is 4.90. The summed E-state index contributed by atoms with van der Waals surface area (Å²) in [6.07, 6.45) is 3.73. The van der Waals surface area contributed by atoms with Crippen molar-refractivity contribution < 1.29 is 14.4 Å². The van der Waals surface area contributed by atoms with Gasteiger partial charge in [0.2, 0.25) is 11.8 Å². The van der Waals surface area contributed by atoms with Crippen LogP contribution in [0.1, 0.15) is 19.8 Å². The zero-order valence-corrected chi connectivity index (χ0v) is 11.7. The van der Waals surface area contributed by atoms with Crippen molar-refractivity contribution in [2.75, 3.05) is 12.5 Å². The van der Waals surface area contributed by atoms with E-state index in [-0.39, 0.29) is 24.7 Å². The largest absolute Gasteiger partial charge is 0.320 e. The van der Waals surface area contributed by atoms with E-state index in [0.29, 0.717) is 0 Å². The summed E-state index contributed by atoms with van der Waals surface area (Å²) >= 11 is 2.20. The molecule has 0 rings (SSSR count). The van der Waals surface area contributed by atoms with Crippen molar-refractivity contribution in [2.24, 2.45) is 5.73 Å². The molecule has 0 radical (unpaired) electrons. The van der Waals surface area contributed by atoms with Crippen LogP contribution >= 0.6 is 23.9 Å². The molecule has 6 nitrogen and oxygen atoms in total. The average molecular weight is 279 g/mol.